The fraction of sp³-hybridized carbons (Fsp3) is 0.520. The van der Waals surface area contributed by atoms with Crippen LogP contribution in [0, 0.1) is 0 Å². The third kappa shape index (κ3) is 4.30. The largest absolute Gasteiger partial charge is 0.342 e. The van der Waals surface area contributed by atoms with E-state index in [2.05, 4.69) is 10.6 Å². The Morgan fingerprint density at radius 1 is 0.853 bits per heavy atom. The molecular weight excluding hydrogens is 440 g/mol. The Labute approximate surface area is 198 Å². The first kappa shape index (κ1) is 23.2. The number of hydrogen-bond donors (Lipinski definition) is 2. The molecule has 0 unspecified atom stereocenters. The average molecular weight is 471 g/mol. The van der Waals surface area contributed by atoms with Crippen molar-refractivity contribution in [2.45, 2.75) is 82.9 Å². The van der Waals surface area contributed by atoms with Gasteiger partial charge in [0.1, 0.15) is 24.4 Å². The van der Waals surface area contributed by atoms with Crippen LogP contribution >= 0.6 is 0 Å². The summed E-state index contributed by atoms with van der Waals surface area (Å²) in [6.07, 6.45) is -3.60. The molecule has 0 spiro atoms. The predicted octanol–water partition coefficient (Wildman–Crippen LogP) is 2.68. The van der Waals surface area contributed by atoms with Gasteiger partial charge in [0.05, 0.1) is 0 Å². The lowest BCUT2D eigenvalue weighted by atomic mass is 9.98. The van der Waals surface area contributed by atoms with Crippen LogP contribution in [-0.4, -0.2) is 60.1 Å². The molecule has 2 aromatic carbocycles. The maximum atomic E-state index is 13.2. The highest BCUT2D eigenvalue weighted by Gasteiger charge is 2.62. The van der Waals surface area contributed by atoms with E-state index in [1.165, 1.54) is 0 Å². The van der Waals surface area contributed by atoms with Gasteiger partial charge in [-0.1, -0.05) is 36.4 Å². The molecule has 3 saturated heterocycles. The molecule has 182 valence electrons. The molecule has 3 heterocycles. The molecule has 0 bridgehead atoms. The molecule has 5 rings (SSSR count). The second kappa shape index (κ2) is 8.28. The quantitative estimate of drug-likeness (QED) is 0.708. The Kier molecular flexibility index (Phi) is 5.65. The molecule has 2 N–H and O–H groups in total. The lowest BCUT2D eigenvalue weighted by molar-refractivity contribution is -0.231. The molecule has 2 aromatic rings. The number of rotatable bonds is 4. The van der Waals surface area contributed by atoms with Crippen LogP contribution < -0.4 is 10.6 Å². The zero-order valence-electron chi connectivity index (χ0n) is 19.9. The molecule has 0 saturated carbocycles. The van der Waals surface area contributed by atoms with Gasteiger partial charge in [0, 0.05) is 11.1 Å². The lowest BCUT2D eigenvalue weighted by Crippen LogP contribution is -2.60. The molecule has 3 aliphatic rings. The second-order valence-electron chi connectivity index (χ2n) is 9.84. The maximum absolute atomic E-state index is 13.2. The molecule has 2 amide bonds. The van der Waals surface area contributed by atoms with Crippen molar-refractivity contribution in [3.63, 3.8) is 0 Å². The van der Waals surface area contributed by atoms with Crippen LogP contribution in [0.1, 0.15) is 34.6 Å². The third-order valence-electron chi connectivity index (χ3n) is 6.21. The maximum Gasteiger partial charge on any atom is 0.252 e. The van der Waals surface area contributed by atoms with E-state index in [0.717, 1.165) is 10.8 Å². The van der Waals surface area contributed by atoms with Gasteiger partial charge < -0.3 is 34.3 Å². The molecule has 9 nitrogen and oxygen atoms in total. The van der Waals surface area contributed by atoms with E-state index in [0.29, 0.717) is 5.69 Å². The zero-order chi connectivity index (χ0) is 24.3. The first-order chi connectivity index (χ1) is 16.0. The van der Waals surface area contributed by atoms with Crippen LogP contribution in [0.2, 0.25) is 0 Å². The fourth-order valence-electron chi connectivity index (χ4n) is 4.76. The smallest absolute Gasteiger partial charge is 0.252 e. The van der Waals surface area contributed by atoms with Crippen LogP contribution in [0.25, 0.3) is 10.8 Å². The molecular formula is C25H30N2O7. The van der Waals surface area contributed by atoms with Gasteiger partial charge in [-0.3, -0.25) is 9.59 Å². The van der Waals surface area contributed by atoms with E-state index in [1.807, 2.05) is 42.5 Å². The SMILES string of the molecule is C[C@H](NC(=O)[C@@H]1O[C@@H]2OC(C)(C)O[C@@H]2[C@@H]2OC(C)(C)O[C@@H]21)C(=O)Nc1cccc2ccccc12. The van der Waals surface area contributed by atoms with Gasteiger partial charge in [-0.15, -0.1) is 0 Å². The Bertz CT molecular complexity index is 1110. The summed E-state index contributed by atoms with van der Waals surface area (Å²) < 4.78 is 29.8. The Hall–Kier alpha value is -2.56. The summed E-state index contributed by atoms with van der Waals surface area (Å²) in [5.74, 6) is -2.63. The van der Waals surface area contributed by atoms with Gasteiger partial charge in [0.25, 0.3) is 5.91 Å². The normalized spacial score (nSPS) is 32.0. The molecule has 0 radical (unpaired) electrons. The molecule has 0 aliphatic carbocycles. The number of ether oxygens (including phenoxy) is 5. The molecule has 34 heavy (non-hydrogen) atoms. The van der Waals surface area contributed by atoms with Crippen molar-refractivity contribution in [2.75, 3.05) is 5.32 Å². The minimum atomic E-state index is -1.03. The summed E-state index contributed by atoms with van der Waals surface area (Å²) in [7, 11) is 0. The van der Waals surface area contributed by atoms with Crippen LogP contribution in [0.5, 0.6) is 0 Å². The Morgan fingerprint density at radius 2 is 1.50 bits per heavy atom. The van der Waals surface area contributed by atoms with Crippen molar-refractivity contribution in [3.8, 4) is 0 Å². The number of anilines is 1. The van der Waals surface area contributed by atoms with Crippen LogP contribution in [0.3, 0.4) is 0 Å². The molecule has 3 aliphatic heterocycles. The van der Waals surface area contributed by atoms with Crippen LogP contribution in [0.4, 0.5) is 5.69 Å². The molecule has 3 fully saturated rings. The number of hydrogen-bond acceptors (Lipinski definition) is 7. The van der Waals surface area contributed by atoms with Crippen LogP contribution in [0.15, 0.2) is 42.5 Å². The van der Waals surface area contributed by atoms with E-state index in [4.69, 9.17) is 23.7 Å². The second-order valence-corrected chi connectivity index (χ2v) is 9.84. The average Bonchev–Trinajstić information content (AvgIpc) is 3.26. The molecule has 6 atom stereocenters. The predicted molar refractivity (Wildman–Crippen MR) is 123 cm³/mol. The summed E-state index contributed by atoms with van der Waals surface area (Å²) in [5.41, 5.74) is 0.675. The van der Waals surface area contributed by atoms with Gasteiger partial charge in [0.15, 0.2) is 24.0 Å². The highest BCUT2D eigenvalue weighted by molar-refractivity contribution is 6.04. The standard InChI is InChI=1S/C25H30N2O7/c1-13(21(28)27-16-12-8-10-14-9-6-7-11-15(14)16)26-22(29)19-17-18(32-24(2,3)31-17)20-23(30-19)34-25(4,5)33-20/h6-13,17-20,23H,1-5H3,(H,26,29)(H,27,28)/t13-,17-,18+,19+,20+,23+/m0/s1. The summed E-state index contributed by atoms with van der Waals surface area (Å²) in [4.78, 5) is 26.1. The van der Waals surface area contributed by atoms with E-state index in [1.54, 1.807) is 34.6 Å². The highest BCUT2D eigenvalue weighted by atomic mass is 16.9. The minimum Gasteiger partial charge on any atom is -0.342 e. The monoisotopic (exact) mass is 470 g/mol. The third-order valence-corrected chi connectivity index (χ3v) is 6.21. The van der Waals surface area contributed by atoms with E-state index < -0.39 is 54.2 Å². The minimum absolute atomic E-state index is 0.347. The zero-order valence-corrected chi connectivity index (χ0v) is 19.9. The summed E-state index contributed by atoms with van der Waals surface area (Å²) >= 11 is 0. The van der Waals surface area contributed by atoms with Crippen molar-refractivity contribution >= 4 is 28.3 Å². The lowest BCUT2D eigenvalue weighted by Gasteiger charge is -2.36. The number of benzene rings is 2. The van der Waals surface area contributed by atoms with E-state index in [-0.39, 0.29) is 5.91 Å². The van der Waals surface area contributed by atoms with E-state index >= 15 is 0 Å². The fourth-order valence-corrected chi connectivity index (χ4v) is 4.76. The summed E-state index contributed by atoms with van der Waals surface area (Å²) in [6, 6.07) is 12.6. The first-order valence-electron chi connectivity index (χ1n) is 11.5. The molecule has 0 aromatic heterocycles. The van der Waals surface area contributed by atoms with Crippen molar-refractivity contribution in [1.29, 1.82) is 0 Å². The number of amides is 2. The van der Waals surface area contributed by atoms with Gasteiger partial charge in [-0.05, 0) is 46.1 Å². The van der Waals surface area contributed by atoms with Gasteiger partial charge in [0.2, 0.25) is 5.91 Å². The number of fused-ring (bicyclic) bond motifs is 4. The van der Waals surface area contributed by atoms with Gasteiger partial charge >= 0.3 is 0 Å². The van der Waals surface area contributed by atoms with Crippen molar-refractivity contribution < 1.29 is 33.3 Å². The van der Waals surface area contributed by atoms with Crippen LogP contribution in [-0.2, 0) is 33.3 Å². The highest BCUT2D eigenvalue weighted by Crippen LogP contribution is 2.44. The number of nitrogens with one attached hydrogen (secondary N) is 2. The van der Waals surface area contributed by atoms with Gasteiger partial charge in [-0.2, -0.15) is 0 Å². The van der Waals surface area contributed by atoms with Crippen molar-refractivity contribution in [1.82, 2.24) is 5.32 Å². The first-order valence-corrected chi connectivity index (χ1v) is 11.5. The molecule has 9 heteroatoms. The van der Waals surface area contributed by atoms with Gasteiger partial charge in [-0.25, -0.2) is 0 Å². The summed E-state index contributed by atoms with van der Waals surface area (Å²) in [6.45, 7) is 8.72. The Morgan fingerprint density at radius 3 is 2.29 bits per heavy atom. The van der Waals surface area contributed by atoms with E-state index in [9.17, 15) is 9.59 Å². The number of carbonyl (C=O) groups excluding carboxylic acids is 2. The summed E-state index contributed by atoms with van der Waals surface area (Å²) in [5, 5.41) is 7.58. The Balaban J connectivity index is 1.29. The van der Waals surface area contributed by atoms with Crippen molar-refractivity contribution in [2.24, 2.45) is 0 Å². The topological polar surface area (TPSA) is 104 Å². The van der Waals surface area contributed by atoms with Crippen molar-refractivity contribution in [3.05, 3.63) is 42.5 Å². The number of carbonyl (C=O) groups is 2.